The van der Waals surface area contributed by atoms with Gasteiger partial charge < -0.3 is 36.8 Å². The van der Waals surface area contributed by atoms with Crippen molar-refractivity contribution in [3.63, 3.8) is 0 Å². The van der Waals surface area contributed by atoms with Crippen LogP contribution in [0.15, 0.2) is 47.1 Å². The Morgan fingerprint density at radius 1 is 1.23 bits per heavy atom. The van der Waals surface area contributed by atoms with E-state index in [4.69, 9.17) is 21.0 Å². The van der Waals surface area contributed by atoms with E-state index in [1.165, 1.54) is 11.0 Å². The maximum absolute atomic E-state index is 13.3. The summed E-state index contributed by atoms with van der Waals surface area (Å²) >= 11 is 0.690. The number of benzene rings is 1. The maximum Gasteiger partial charge on any atom is 0.362 e. The monoisotopic (exact) mass is 706 g/mol. The number of anilines is 1. The van der Waals surface area contributed by atoms with Crippen LogP contribution in [0.4, 0.5) is 5.13 Å². The standard InChI is InChI=1S/C25H30N12O9S2/c26-20(31-14-5-7-28-8-6-14)13-1-3-15(4-2-13)45-10-17(24(40)41)46-34-19(21-33-25(27)47-35-21)22(38)32-18-16(9-36-12-29-11-30-36)37(23(18)39)48(42,43)44/h1-4,11-12,14,16-18,28H,5-10H2,(H2,26,31)(H,32,38)(H,40,41)(H2,27,33,35)(H,42,43,44). The summed E-state index contributed by atoms with van der Waals surface area (Å²) in [6.07, 6.45) is 2.41. The van der Waals surface area contributed by atoms with Crippen molar-refractivity contribution in [2.24, 2.45) is 15.9 Å². The molecular weight excluding hydrogens is 676 g/mol. The Morgan fingerprint density at radius 2 is 1.96 bits per heavy atom. The van der Waals surface area contributed by atoms with Gasteiger partial charge in [0.1, 0.15) is 36.9 Å². The Bertz CT molecular complexity index is 1790. The molecule has 0 spiro atoms. The van der Waals surface area contributed by atoms with Crippen molar-refractivity contribution >= 4 is 56.3 Å². The Kier molecular flexibility index (Phi) is 10.4. The van der Waals surface area contributed by atoms with E-state index >= 15 is 0 Å². The Hall–Kier alpha value is -5.26. The van der Waals surface area contributed by atoms with E-state index in [-0.39, 0.29) is 33.6 Å². The number of aromatic nitrogens is 5. The van der Waals surface area contributed by atoms with Crippen LogP contribution in [0.1, 0.15) is 24.2 Å². The smallest absolute Gasteiger partial charge is 0.362 e. The molecule has 2 aliphatic rings. The van der Waals surface area contributed by atoms with Crippen LogP contribution in [0.5, 0.6) is 5.75 Å². The topological polar surface area (TPSA) is 305 Å². The van der Waals surface area contributed by atoms with Gasteiger partial charge in [0.25, 0.3) is 17.9 Å². The van der Waals surface area contributed by atoms with Crippen molar-refractivity contribution in [2.45, 2.75) is 43.6 Å². The van der Waals surface area contributed by atoms with Gasteiger partial charge >= 0.3 is 16.3 Å². The lowest BCUT2D eigenvalue weighted by Crippen LogP contribution is -2.73. The van der Waals surface area contributed by atoms with Crippen LogP contribution >= 0.6 is 11.5 Å². The molecule has 2 aromatic heterocycles. The van der Waals surface area contributed by atoms with Crippen molar-refractivity contribution in [1.29, 1.82) is 0 Å². The second-order valence-corrected chi connectivity index (χ2v) is 12.5. The van der Waals surface area contributed by atoms with Crippen molar-refractivity contribution in [2.75, 3.05) is 25.4 Å². The molecule has 0 radical (unpaired) electrons. The molecule has 256 valence electrons. The summed E-state index contributed by atoms with van der Waals surface area (Å²) < 4.78 is 44.0. The number of aliphatic imine (C=N–C) groups is 1. The van der Waals surface area contributed by atoms with Crippen LogP contribution in [0.3, 0.4) is 0 Å². The van der Waals surface area contributed by atoms with Crippen molar-refractivity contribution < 1.29 is 42.0 Å². The summed E-state index contributed by atoms with van der Waals surface area (Å²) in [5, 5.41) is 22.7. The number of amidine groups is 1. The molecule has 3 aromatic rings. The largest absolute Gasteiger partial charge is 0.489 e. The first-order valence-corrected chi connectivity index (χ1v) is 16.3. The average molecular weight is 707 g/mol. The second-order valence-electron chi connectivity index (χ2n) is 10.4. The Morgan fingerprint density at radius 3 is 2.56 bits per heavy atom. The van der Waals surface area contributed by atoms with E-state index in [9.17, 15) is 32.5 Å². The van der Waals surface area contributed by atoms with Gasteiger partial charge in [-0.25, -0.2) is 14.1 Å². The molecule has 2 saturated heterocycles. The minimum Gasteiger partial charge on any atom is -0.489 e. The van der Waals surface area contributed by atoms with Gasteiger partial charge in [-0.05, 0) is 50.2 Å². The van der Waals surface area contributed by atoms with Crippen molar-refractivity contribution in [3.8, 4) is 5.75 Å². The third kappa shape index (κ3) is 8.17. The van der Waals surface area contributed by atoms with Gasteiger partial charge in [0.05, 0.1) is 18.6 Å². The number of carbonyl (C=O) groups is 3. The van der Waals surface area contributed by atoms with Gasteiger partial charge in [0.15, 0.2) is 5.13 Å². The summed E-state index contributed by atoms with van der Waals surface area (Å²) in [5.41, 5.74) is 11.8. The molecule has 23 heteroatoms. The number of hydrogen-bond donors (Lipinski definition) is 6. The fourth-order valence-electron chi connectivity index (χ4n) is 4.75. The Balaban J connectivity index is 1.27. The van der Waals surface area contributed by atoms with E-state index in [0.29, 0.717) is 22.9 Å². The fraction of sp³-hybridized carbons (Fsp3) is 0.400. The number of carboxylic acid groups (broad SMARTS) is 1. The number of carboxylic acids is 1. The first-order chi connectivity index (χ1) is 22.9. The van der Waals surface area contributed by atoms with E-state index in [1.807, 2.05) is 0 Å². The van der Waals surface area contributed by atoms with Gasteiger partial charge in [-0.15, -0.1) is 0 Å². The molecule has 8 N–H and O–H groups in total. The molecule has 5 rings (SSSR count). The van der Waals surface area contributed by atoms with E-state index < -0.39 is 58.6 Å². The van der Waals surface area contributed by atoms with Crippen LogP contribution in [-0.2, 0) is 36.1 Å². The zero-order chi connectivity index (χ0) is 34.4. The SMILES string of the molecule is NC(=NC1CCNCC1)c1ccc(OCC(ON=C(C(=O)NC2C(=O)N(S(=O)(=O)O)C2Cn2cncn2)c2nsc(N)n2)C(=O)O)cc1. The minimum atomic E-state index is -5.00. The van der Waals surface area contributed by atoms with Crippen LogP contribution in [0.25, 0.3) is 0 Å². The van der Waals surface area contributed by atoms with Crippen LogP contribution < -0.4 is 26.8 Å². The third-order valence-electron chi connectivity index (χ3n) is 7.14. The molecule has 48 heavy (non-hydrogen) atoms. The lowest BCUT2D eigenvalue weighted by Gasteiger charge is -2.43. The third-order valence-corrected chi connectivity index (χ3v) is 8.63. The molecule has 0 saturated carbocycles. The Labute approximate surface area is 276 Å². The summed E-state index contributed by atoms with van der Waals surface area (Å²) in [7, 11) is -5.00. The number of β-lactam (4-membered cyclic amide) rings is 1. The highest BCUT2D eigenvalue weighted by molar-refractivity contribution is 7.84. The predicted molar refractivity (Wildman–Crippen MR) is 166 cm³/mol. The highest BCUT2D eigenvalue weighted by atomic mass is 32.2. The summed E-state index contributed by atoms with van der Waals surface area (Å²) in [6.45, 7) is 0.904. The number of aliphatic carboxylic acids is 1. The van der Waals surface area contributed by atoms with Crippen LogP contribution in [-0.4, -0.2) is 120 Å². The number of carbonyl (C=O) groups excluding carboxylic acids is 2. The predicted octanol–water partition coefficient (Wildman–Crippen LogP) is -2.38. The molecule has 4 heterocycles. The molecule has 0 aliphatic carbocycles. The lowest BCUT2D eigenvalue weighted by molar-refractivity contribution is -0.152. The van der Waals surface area contributed by atoms with Gasteiger partial charge in [0, 0.05) is 17.1 Å². The van der Waals surface area contributed by atoms with E-state index in [1.54, 1.807) is 24.3 Å². The molecule has 0 bridgehead atoms. The quantitative estimate of drug-likeness (QED) is 0.0335. The number of nitrogens with two attached hydrogens (primary N) is 2. The van der Waals surface area contributed by atoms with Gasteiger partial charge in [-0.3, -0.25) is 23.8 Å². The first kappa shape index (κ1) is 34.1. The second kappa shape index (κ2) is 14.7. The number of nitrogens with one attached hydrogen (secondary N) is 2. The summed E-state index contributed by atoms with van der Waals surface area (Å²) in [5.74, 6) is -3.52. The zero-order valence-electron chi connectivity index (χ0n) is 24.8. The van der Waals surface area contributed by atoms with Crippen LogP contribution in [0, 0.1) is 0 Å². The van der Waals surface area contributed by atoms with Crippen molar-refractivity contribution in [1.82, 2.24) is 39.1 Å². The van der Waals surface area contributed by atoms with E-state index in [2.05, 4.69) is 40.2 Å². The number of ether oxygens (including phenoxy) is 1. The van der Waals surface area contributed by atoms with Gasteiger partial charge in [-0.1, -0.05) is 5.16 Å². The molecule has 3 unspecified atom stereocenters. The average Bonchev–Trinajstić information content (AvgIpc) is 3.73. The number of nitrogens with zero attached hydrogens (tertiary/aromatic N) is 8. The normalized spacial score (nSPS) is 19.8. The maximum atomic E-state index is 13.3. The number of piperidine rings is 1. The fourth-order valence-corrected chi connectivity index (χ4v) is 6.05. The first-order valence-electron chi connectivity index (χ1n) is 14.2. The van der Waals surface area contributed by atoms with Crippen molar-refractivity contribution in [3.05, 3.63) is 48.3 Å². The molecule has 2 fully saturated rings. The lowest BCUT2D eigenvalue weighted by atomic mass is 9.98. The van der Waals surface area contributed by atoms with Gasteiger partial charge in [-0.2, -0.15) is 22.9 Å². The zero-order valence-corrected chi connectivity index (χ0v) is 26.5. The number of rotatable bonds is 14. The molecule has 1 aromatic carbocycles. The highest BCUT2D eigenvalue weighted by Gasteiger charge is 2.54. The molecule has 2 amide bonds. The summed E-state index contributed by atoms with van der Waals surface area (Å²) in [6, 6.07) is 3.81. The van der Waals surface area contributed by atoms with E-state index in [0.717, 1.165) is 32.3 Å². The molecule has 3 atom stereocenters. The molecular formula is C25H30N12O9S2. The minimum absolute atomic E-state index is 0.0742. The van der Waals surface area contributed by atoms with Gasteiger partial charge in [0.2, 0.25) is 11.5 Å². The number of hydrogen-bond acceptors (Lipinski definition) is 16. The molecule has 21 nitrogen and oxygen atoms in total. The number of nitrogen functional groups attached to an aromatic ring is 1. The summed E-state index contributed by atoms with van der Waals surface area (Å²) in [4.78, 5) is 55.3. The highest BCUT2D eigenvalue weighted by Crippen LogP contribution is 2.25. The number of oxime groups is 1. The van der Waals surface area contributed by atoms with Crippen LogP contribution in [0.2, 0.25) is 0 Å². The molecule has 2 aliphatic heterocycles. The number of amides is 2.